The molecule has 0 saturated heterocycles. The molecule has 0 amide bonds. The third-order valence-electron chi connectivity index (χ3n) is 6.82. The number of fused-ring (bicyclic) bond motifs is 1. The summed E-state index contributed by atoms with van der Waals surface area (Å²) in [6.07, 6.45) is 4.77. The highest BCUT2D eigenvalue weighted by Crippen LogP contribution is 2.43. The van der Waals surface area contributed by atoms with Gasteiger partial charge < -0.3 is 15.7 Å². The Balaban J connectivity index is 0.00000109. The van der Waals surface area contributed by atoms with Crippen LogP contribution < -0.4 is 16.2 Å². The fourth-order valence-electron chi connectivity index (χ4n) is 4.51. The molecule has 7 nitrogen and oxygen atoms in total. The van der Waals surface area contributed by atoms with Gasteiger partial charge in [-0.1, -0.05) is 59.2 Å². The zero-order valence-corrected chi connectivity index (χ0v) is 22.9. The van der Waals surface area contributed by atoms with Gasteiger partial charge in [0.2, 0.25) is 5.95 Å². The van der Waals surface area contributed by atoms with Gasteiger partial charge in [0.1, 0.15) is 0 Å². The van der Waals surface area contributed by atoms with E-state index in [1.54, 1.807) is 35.9 Å². The van der Waals surface area contributed by atoms with Crippen LogP contribution in [0.2, 0.25) is 0 Å². The molecule has 1 fully saturated rings. The molecule has 2 aromatic carbocycles. The molecule has 3 N–H and O–H groups in total. The van der Waals surface area contributed by atoms with Crippen molar-refractivity contribution in [3.63, 3.8) is 0 Å². The Morgan fingerprint density at radius 3 is 2.36 bits per heavy atom. The smallest absolute Gasteiger partial charge is 0.337 e. The van der Waals surface area contributed by atoms with Crippen LogP contribution in [0.4, 0.5) is 11.6 Å². The van der Waals surface area contributed by atoms with Crippen molar-refractivity contribution in [2.24, 2.45) is 12.5 Å². The predicted octanol–water partition coefficient (Wildman–Crippen LogP) is 6.60. The Morgan fingerprint density at radius 1 is 1.11 bits per heavy atom. The van der Waals surface area contributed by atoms with Crippen LogP contribution in [0.3, 0.4) is 0 Å². The molecule has 3 aromatic rings. The largest absolute Gasteiger partial charge is 0.478 e. The Labute approximate surface area is 215 Å². The molecule has 0 aliphatic heterocycles. The van der Waals surface area contributed by atoms with Gasteiger partial charge in [-0.15, -0.1) is 0 Å². The van der Waals surface area contributed by atoms with Crippen LogP contribution in [0.1, 0.15) is 81.8 Å². The third kappa shape index (κ3) is 6.25. The molecule has 0 radical (unpaired) electrons. The number of aromatic carboxylic acids is 1. The first kappa shape index (κ1) is 28.9. The van der Waals surface area contributed by atoms with E-state index in [0.717, 1.165) is 24.1 Å². The summed E-state index contributed by atoms with van der Waals surface area (Å²) >= 11 is 0. The van der Waals surface area contributed by atoms with Crippen molar-refractivity contribution >= 4 is 28.5 Å². The number of anilines is 2. The Bertz CT molecular complexity index is 1220. The second-order valence-electron chi connectivity index (χ2n) is 8.88. The van der Waals surface area contributed by atoms with Gasteiger partial charge >= 0.3 is 5.97 Å². The van der Waals surface area contributed by atoms with E-state index in [0.29, 0.717) is 34.5 Å². The molecular weight excluding hydrogens is 452 g/mol. The molecule has 1 saturated carbocycles. The number of aromatic nitrogens is 2. The minimum atomic E-state index is -0.985. The fourth-order valence-corrected chi connectivity index (χ4v) is 4.51. The van der Waals surface area contributed by atoms with E-state index < -0.39 is 5.97 Å². The highest BCUT2D eigenvalue weighted by Gasteiger charge is 2.35. The first-order chi connectivity index (χ1) is 17.3. The summed E-state index contributed by atoms with van der Waals surface area (Å²) in [6, 6.07) is 10.7. The summed E-state index contributed by atoms with van der Waals surface area (Å²) in [4.78, 5) is 29.5. The summed E-state index contributed by atoms with van der Waals surface area (Å²) in [6.45, 7) is 13.3. The SMILES string of the molecule is CC.CC.CCC1(CNc2nc3c(CNc4ccccc4C(=O)O)cc(C)cc3c(=O)n2C)CCC1. The van der Waals surface area contributed by atoms with Crippen LogP contribution in [0.25, 0.3) is 10.9 Å². The van der Waals surface area contributed by atoms with Crippen molar-refractivity contribution in [1.29, 1.82) is 0 Å². The van der Waals surface area contributed by atoms with Crippen LogP contribution in [0.5, 0.6) is 0 Å². The van der Waals surface area contributed by atoms with Crippen LogP contribution in [0, 0.1) is 12.3 Å². The molecular formula is C29H42N4O3. The van der Waals surface area contributed by atoms with Crippen molar-refractivity contribution in [2.45, 2.75) is 73.8 Å². The maximum Gasteiger partial charge on any atom is 0.337 e. The lowest BCUT2D eigenvalue weighted by molar-refractivity contribution is 0.0698. The van der Waals surface area contributed by atoms with Crippen LogP contribution >= 0.6 is 0 Å². The van der Waals surface area contributed by atoms with Crippen LogP contribution in [-0.4, -0.2) is 27.2 Å². The van der Waals surface area contributed by atoms with E-state index >= 15 is 0 Å². The van der Waals surface area contributed by atoms with Crippen LogP contribution in [0.15, 0.2) is 41.2 Å². The molecule has 36 heavy (non-hydrogen) atoms. The topological polar surface area (TPSA) is 96.2 Å². The molecule has 1 aliphatic carbocycles. The molecule has 1 aliphatic rings. The van der Waals surface area contributed by atoms with Gasteiger partial charge in [0.15, 0.2) is 0 Å². The van der Waals surface area contributed by atoms with Gasteiger partial charge in [0.05, 0.1) is 16.5 Å². The number of benzene rings is 2. The van der Waals surface area contributed by atoms with E-state index in [2.05, 4.69) is 17.6 Å². The van der Waals surface area contributed by atoms with Gasteiger partial charge in [-0.2, -0.15) is 0 Å². The number of carboxylic acid groups (broad SMARTS) is 1. The monoisotopic (exact) mass is 494 g/mol. The number of aryl methyl sites for hydroxylation is 1. The van der Waals surface area contributed by atoms with E-state index in [1.165, 1.54) is 19.3 Å². The zero-order valence-electron chi connectivity index (χ0n) is 22.9. The number of nitrogens with one attached hydrogen (secondary N) is 2. The number of hydrogen-bond donors (Lipinski definition) is 3. The van der Waals surface area contributed by atoms with Gasteiger partial charge in [-0.25, -0.2) is 9.78 Å². The van der Waals surface area contributed by atoms with Crippen molar-refractivity contribution in [3.05, 3.63) is 63.4 Å². The predicted molar refractivity (Wildman–Crippen MR) is 150 cm³/mol. The quantitative estimate of drug-likeness (QED) is 0.327. The second kappa shape index (κ2) is 13.1. The lowest BCUT2D eigenvalue weighted by Gasteiger charge is -2.41. The van der Waals surface area contributed by atoms with E-state index in [4.69, 9.17) is 4.98 Å². The van der Waals surface area contributed by atoms with E-state index in [1.807, 2.05) is 46.8 Å². The second-order valence-corrected chi connectivity index (χ2v) is 8.88. The average molecular weight is 495 g/mol. The Morgan fingerprint density at radius 2 is 1.78 bits per heavy atom. The molecule has 196 valence electrons. The highest BCUT2D eigenvalue weighted by molar-refractivity contribution is 5.94. The van der Waals surface area contributed by atoms with Gasteiger partial charge in [0.25, 0.3) is 5.56 Å². The molecule has 1 aromatic heterocycles. The average Bonchev–Trinajstić information content (AvgIpc) is 2.88. The number of hydrogen-bond acceptors (Lipinski definition) is 5. The summed E-state index contributed by atoms with van der Waals surface area (Å²) < 4.78 is 1.58. The Hall–Kier alpha value is -3.35. The first-order valence-corrected chi connectivity index (χ1v) is 13.1. The van der Waals surface area contributed by atoms with Crippen molar-refractivity contribution in [2.75, 3.05) is 17.2 Å². The summed E-state index contributed by atoms with van der Waals surface area (Å²) in [5.41, 5.74) is 3.40. The fraction of sp³-hybridized carbons (Fsp3) is 0.483. The molecule has 4 rings (SSSR count). The molecule has 0 spiro atoms. The van der Waals surface area contributed by atoms with Gasteiger partial charge in [0, 0.05) is 25.8 Å². The summed E-state index contributed by atoms with van der Waals surface area (Å²) in [5.74, 6) is -0.417. The van der Waals surface area contributed by atoms with Crippen LogP contribution in [-0.2, 0) is 13.6 Å². The molecule has 0 atom stereocenters. The normalized spacial score (nSPS) is 13.4. The van der Waals surface area contributed by atoms with Gasteiger partial charge in [-0.3, -0.25) is 9.36 Å². The maximum absolute atomic E-state index is 13.1. The summed E-state index contributed by atoms with van der Waals surface area (Å²) in [5, 5.41) is 16.7. The molecule has 0 bridgehead atoms. The van der Waals surface area contributed by atoms with Gasteiger partial charge in [-0.05, 0) is 60.9 Å². The number of carboxylic acids is 1. The third-order valence-corrected chi connectivity index (χ3v) is 6.82. The highest BCUT2D eigenvalue weighted by atomic mass is 16.4. The minimum absolute atomic E-state index is 0.0902. The number of para-hydroxylation sites is 1. The first-order valence-electron chi connectivity index (χ1n) is 13.1. The lowest BCUT2D eigenvalue weighted by atomic mass is 9.67. The standard InChI is InChI=1S/C25H30N4O3.2C2H6/c1-4-25(10-7-11-25)15-27-24-28-21-17(12-16(2)13-19(21)22(30)29(24)3)14-26-20-9-6-5-8-18(20)23(31)32;2*1-2/h5-6,8-9,12-13,26H,4,7,10-11,14-15H2,1-3H3,(H,27,28)(H,31,32);2*1-2H3. The van der Waals surface area contributed by atoms with Crippen molar-refractivity contribution in [1.82, 2.24) is 9.55 Å². The number of nitrogens with zero attached hydrogens (tertiary/aromatic N) is 2. The lowest BCUT2D eigenvalue weighted by Crippen LogP contribution is -2.37. The number of carbonyl (C=O) groups is 1. The number of rotatable bonds is 8. The minimum Gasteiger partial charge on any atom is -0.478 e. The zero-order chi connectivity index (χ0) is 26.9. The van der Waals surface area contributed by atoms with E-state index in [-0.39, 0.29) is 11.1 Å². The van der Waals surface area contributed by atoms with Crippen molar-refractivity contribution in [3.8, 4) is 0 Å². The summed E-state index contributed by atoms with van der Waals surface area (Å²) in [7, 11) is 1.75. The molecule has 1 heterocycles. The molecule has 7 heteroatoms. The van der Waals surface area contributed by atoms with E-state index in [9.17, 15) is 14.7 Å². The molecule has 0 unspecified atom stereocenters. The maximum atomic E-state index is 13.1. The Kier molecular flexibility index (Phi) is 10.5. The van der Waals surface area contributed by atoms with Crippen molar-refractivity contribution < 1.29 is 9.90 Å².